The number of hydrogen-bond acceptors (Lipinski definition) is 4. The van der Waals surface area contributed by atoms with Crippen LogP contribution in [-0.2, 0) is 4.79 Å². The summed E-state index contributed by atoms with van der Waals surface area (Å²) in [6.07, 6.45) is 0. The molecular formula is C10H17N3O2. The van der Waals surface area contributed by atoms with E-state index in [0.717, 1.165) is 11.4 Å². The van der Waals surface area contributed by atoms with E-state index in [-0.39, 0.29) is 12.5 Å². The maximum absolute atomic E-state index is 9.98. The van der Waals surface area contributed by atoms with Gasteiger partial charge in [-0.05, 0) is 24.3 Å². The van der Waals surface area contributed by atoms with Gasteiger partial charge in [0, 0.05) is 24.8 Å². The number of nitrogen functional groups attached to an aromatic ring is 2. The molecule has 0 aromatic heterocycles. The van der Waals surface area contributed by atoms with Gasteiger partial charge < -0.3 is 21.9 Å². The Morgan fingerprint density at radius 3 is 1.87 bits per heavy atom. The van der Waals surface area contributed by atoms with Crippen molar-refractivity contribution < 1.29 is 9.90 Å². The highest BCUT2D eigenvalue weighted by Gasteiger charge is 1.83. The molecule has 0 aliphatic rings. The lowest BCUT2D eigenvalue weighted by Crippen LogP contribution is -2.22. The predicted molar refractivity (Wildman–Crippen MR) is 61.0 cm³/mol. The van der Waals surface area contributed by atoms with Crippen molar-refractivity contribution in [2.24, 2.45) is 0 Å². The monoisotopic (exact) mass is 211 g/mol. The number of nitrogens with one attached hydrogen (secondary N) is 1. The number of carbonyl (C=O) groups excluding carboxylic acids is 1. The second-order valence-electron chi connectivity index (χ2n) is 2.87. The summed E-state index contributed by atoms with van der Waals surface area (Å²) >= 11 is 0. The molecule has 0 radical (unpaired) electrons. The van der Waals surface area contributed by atoms with Gasteiger partial charge in [-0.3, -0.25) is 4.79 Å². The van der Waals surface area contributed by atoms with Crippen LogP contribution in [-0.4, -0.2) is 24.2 Å². The molecule has 6 N–H and O–H groups in total. The molecule has 5 heteroatoms. The second-order valence-corrected chi connectivity index (χ2v) is 2.87. The normalized spacial score (nSPS) is 8.67. The maximum Gasteiger partial charge on any atom is 0.216 e. The van der Waals surface area contributed by atoms with E-state index in [9.17, 15) is 4.79 Å². The zero-order valence-electron chi connectivity index (χ0n) is 8.73. The molecule has 0 aliphatic carbocycles. The Hall–Kier alpha value is -1.75. The third-order valence-corrected chi connectivity index (χ3v) is 1.42. The summed E-state index contributed by atoms with van der Waals surface area (Å²) in [6.45, 7) is 1.78. The Kier molecular flexibility index (Phi) is 6.74. The topological polar surface area (TPSA) is 101 Å². The van der Waals surface area contributed by atoms with E-state index in [0.29, 0.717) is 6.54 Å². The minimum absolute atomic E-state index is 0.0135. The lowest BCUT2D eigenvalue weighted by molar-refractivity contribution is -0.119. The molecule has 1 aromatic rings. The van der Waals surface area contributed by atoms with E-state index in [1.165, 1.54) is 6.92 Å². The predicted octanol–water partition coefficient (Wildman–Crippen LogP) is -0.0342. The number of rotatable bonds is 2. The number of carbonyl (C=O) groups is 1. The lowest BCUT2D eigenvalue weighted by Gasteiger charge is -1.93. The first kappa shape index (κ1) is 13.2. The van der Waals surface area contributed by atoms with Crippen LogP contribution in [0.4, 0.5) is 11.4 Å². The van der Waals surface area contributed by atoms with Gasteiger partial charge in [-0.25, -0.2) is 0 Å². The van der Waals surface area contributed by atoms with Crippen molar-refractivity contribution in [3.63, 3.8) is 0 Å². The summed E-state index contributed by atoms with van der Waals surface area (Å²) in [5.41, 5.74) is 12.2. The van der Waals surface area contributed by atoms with Crippen molar-refractivity contribution in [1.29, 1.82) is 0 Å². The second kappa shape index (κ2) is 7.64. The van der Waals surface area contributed by atoms with E-state index in [4.69, 9.17) is 16.6 Å². The average molecular weight is 211 g/mol. The molecule has 15 heavy (non-hydrogen) atoms. The fourth-order valence-electron chi connectivity index (χ4n) is 0.728. The molecule has 1 rings (SSSR count). The van der Waals surface area contributed by atoms with Crippen molar-refractivity contribution in [1.82, 2.24) is 5.32 Å². The van der Waals surface area contributed by atoms with E-state index in [1.807, 2.05) is 0 Å². The highest BCUT2D eigenvalue weighted by molar-refractivity contribution is 5.72. The SMILES string of the molecule is CC(=O)NCCO.Nc1ccc(N)cc1. The summed E-state index contributed by atoms with van der Waals surface area (Å²) in [7, 11) is 0. The van der Waals surface area contributed by atoms with Crippen LogP contribution < -0.4 is 16.8 Å². The first-order valence-electron chi connectivity index (χ1n) is 4.52. The third-order valence-electron chi connectivity index (χ3n) is 1.42. The number of nitrogens with two attached hydrogens (primary N) is 2. The minimum Gasteiger partial charge on any atom is -0.399 e. The Balaban J connectivity index is 0.000000265. The van der Waals surface area contributed by atoms with Gasteiger partial charge in [0.1, 0.15) is 0 Å². The van der Waals surface area contributed by atoms with Crippen molar-refractivity contribution in [2.75, 3.05) is 24.6 Å². The summed E-state index contributed by atoms with van der Waals surface area (Å²) in [5, 5.41) is 10.5. The molecule has 0 atom stereocenters. The zero-order valence-corrected chi connectivity index (χ0v) is 8.73. The summed E-state index contributed by atoms with van der Waals surface area (Å²) < 4.78 is 0. The molecule has 0 saturated heterocycles. The molecule has 5 nitrogen and oxygen atoms in total. The van der Waals surface area contributed by atoms with Gasteiger partial charge in [0.2, 0.25) is 5.91 Å². The molecule has 1 amide bonds. The van der Waals surface area contributed by atoms with Crippen molar-refractivity contribution in [2.45, 2.75) is 6.92 Å². The summed E-state index contributed by atoms with van der Waals surface area (Å²) in [4.78, 5) is 9.98. The molecule has 0 bridgehead atoms. The van der Waals surface area contributed by atoms with E-state index in [2.05, 4.69) is 5.32 Å². The standard InChI is InChI=1S/C6H8N2.C4H9NO2/c7-5-1-2-6(8)4-3-5;1-4(7)5-2-3-6/h1-4H,7-8H2;6H,2-3H2,1H3,(H,5,7). The zero-order chi connectivity index (χ0) is 11.7. The number of hydrogen-bond donors (Lipinski definition) is 4. The fraction of sp³-hybridized carbons (Fsp3) is 0.300. The number of aliphatic hydroxyl groups excluding tert-OH is 1. The Morgan fingerprint density at radius 1 is 1.27 bits per heavy atom. The molecule has 84 valence electrons. The van der Waals surface area contributed by atoms with E-state index >= 15 is 0 Å². The molecule has 0 unspecified atom stereocenters. The fourth-order valence-corrected chi connectivity index (χ4v) is 0.728. The van der Waals surface area contributed by atoms with Gasteiger partial charge in [0.05, 0.1) is 6.61 Å². The molecular weight excluding hydrogens is 194 g/mol. The van der Waals surface area contributed by atoms with Gasteiger partial charge in [-0.15, -0.1) is 0 Å². The van der Waals surface area contributed by atoms with Crippen molar-refractivity contribution in [3.05, 3.63) is 24.3 Å². The number of amides is 1. The summed E-state index contributed by atoms with van der Waals surface area (Å²) in [6, 6.07) is 7.09. The van der Waals surface area contributed by atoms with Crippen LogP contribution in [0.2, 0.25) is 0 Å². The molecule has 0 aliphatic heterocycles. The first-order valence-corrected chi connectivity index (χ1v) is 4.52. The van der Waals surface area contributed by atoms with Crippen LogP contribution in [0.1, 0.15) is 6.92 Å². The summed E-state index contributed by atoms with van der Waals surface area (Å²) in [5.74, 6) is -0.103. The Bertz CT molecular complexity index is 264. The number of anilines is 2. The van der Waals surface area contributed by atoms with E-state index in [1.54, 1.807) is 24.3 Å². The smallest absolute Gasteiger partial charge is 0.216 e. The molecule has 0 saturated carbocycles. The third kappa shape index (κ3) is 8.58. The van der Waals surface area contributed by atoms with Gasteiger partial charge in [-0.2, -0.15) is 0 Å². The van der Waals surface area contributed by atoms with Crippen LogP contribution in [0, 0.1) is 0 Å². The van der Waals surface area contributed by atoms with Crippen LogP contribution in [0.5, 0.6) is 0 Å². The van der Waals surface area contributed by atoms with Gasteiger partial charge in [0.15, 0.2) is 0 Å². The number of aliphatic hydroxyl groups is 1. The maximum atomic E-state index is 9.98. The highest BCUT2D eigenvalue weighted by atomic mass is 16.3. The number of benzene rings is 1. The van der Waals surface area contributed by atoms with Crippen molar-refractivity contribution in [3.8, 4) is 0 Å². The Labute approximate surface area is 89.1 Å². The quantitative estimate of drug-likeness (QED) is 0.516. The molecule has 0 fully saturated rings. The van der Waals surface area contributed by atoms with Crippen LogP contribution in [0.15, 0.2) is 24.3 Å². The van der Waals surface area contributed by atoms with Gasteiger partial charge in [0.25, 0.3) is 0 Å². The average Bonchev–Trinajstić information content (AvgIpc) is 2.20. The molecule has 0 spiro atoms. The van der Waals surface area contributed by atoms with E-state index < -0.39 is 0 Å². The van der Waals surface area contributed by atoms with Gasteiger partial charge in [-0.1, -0.05) is 0 Å². The van der Waals surface area contributed by atoms with Crippen LogP contribution in [0.3, 0.4) is 0 Å². The molecule has 1 aromatic carbocycles. The van der Waals surface area contributed by atoms with Gasteiger partial charge >= 0.3 is 0 Å². The first-order chi connectivity index (χ1) is 7.06. The van der Waals surface area contributed by atoms with Crippen LogP contribution in [0.25, 0.3) is 0 Å². The lowest BCUT2D eigenvalue weighted by atomic mass is 10.3. The molecule has 0 heterocycles. The minimum atomic E-state index is -0.103. The van der Waals surface area contributed by atoms with Crippen molar-refractivity contribution >= 4 is 17.3 Å². The van der Waals surface area contributed by atoms with Crippen LogP contribution >= 0.6 is 0 Å². The Morgan fingerprint density at radius 2 is 1.67 bits per heavy atom. The largest absolute Gasteiger partial charge is 0.399 e. The highest BCUT2D eigenvalue weighted by Crippen LogP contribution is 2.04.